The summed E-state index contributed by atoms with van der Waals surface area (Å²) >= 11 is 0. The van der Waals surface area contributed by atoms with Crippen molar-refractivity contribution in [1.82, 2.24) is 14.9 Å². The topological polar surface area (TPSA) is 93.1 Å². The average Bonchev–Trinajstić information content (AvgIpc) is 2.81. The van der Waals surface area contributed by atoms with E-state index in [1.165, 1.54) is 0 Å². The third-order valence-corrected chi connectivity index (χ3v) is 5.49. The van der Waals surface area contributed by atoms with Crippen molar-refractivity contribution in [3.63, 3.8) is 0 Å². The molecule has 0 spiro atoms. The second-order valence-corrected chi connectivity index (χ2v) is 7.58. The SMILES string of the molecule is O=C(NC1CCCS(=O)(=O)C1)c1cn2c(n1)NCCC2. The molecule has 110 valence electrons. The van der Waals surface area contributed by atoms with Gasteiger partial charge in [-0.05, 0) is 19.3 Å². The van der Waals surface area contributed by atoms with Gasteiger partial charge >= 0.3 is 0 Å². The summed E-state index contributed by atoms with van der Waals surface area (Å²) in [5.74, 6) is 0.667. The quantitative estimate of drug-likeness (QED) is 0.802. The molecule has 1 unspecified atom stereocenters. The fraction of sp³-hybridized carbons (Fsp3) is 0.667. The molecule has 2 aliphatic rings. The lowest BCUT2D eigenvalue weighted by atomic mass is 10.2. The molecule has 1 fully saturated rings. The number of aryl methyl sites for hydroxylation is 1. The number of sulfone groups is 1. The lowest BCUT2D eigenvalue weighted by molar-refractivity contribution is 0.0933. The molecule has 0 bridgehead atoms. The van der Waals surface area contributed by atoms with Crippen LogP contribution in [0.2, 0.25) is 0 Å². The number of carbonyl (C=O) groups excluding carboxylic acids is 1. The van der Waals surface area contributed by atoms with Crippen molar-refractivity contribution in [1.29, 1.82) is 0 Å². The van der Waals surface area contributed by atoms with E-state index in [1.54, 1.807) is 6.20 Å². The van der Waals surface area contributed by atoms with E-state index in [2.05, 4.69) is 15.6 Å². The molecule has 3 heterocycles. The summed E-state index contributed by atoms with van der Waals surface area (Å²) in [6, 6.07) is -0.298. The zero-order valence-electron chi connectivity index (χ0n) is 11.1. The van der Waals surface area contributed by atoms with Gasteiger partial charge in [0.2, 0.25) is 5.95 Å². The van der Waals surface area contributed by atoms with Crippen LogP contribution in [0.15, 0.2) is 6.20 Å². The van der Waals surface area contributed by atoms with Gasteiger partial charge in [-0.15, -0.1) is 0 Å². The molecule has 1 aromatic heterocycles. The van der Waals surface area contributed by atoms with E-state index in [4.69, 9.17) is 0 Å². The van der Waals surface area contributed by atoms with Crippen LogP contribution in [-0.2, 0) is 16.4 Å². The number of aromatic nitrogens is 2. The maximum absolute atomic E-state index is 12.1. The standard InChI is InChI=1S/C12H18N4O3S/c17-11(14-9-3-1-6-20(18,19)8-9)10-7-16-5-2-4-13-12(16)15-10/h7,9H,1-6,8H2,(H,13,15)(H,14,17). The fourth-order valence-electron chi connectivity index (χ4n) is 2.68. The minimum absolute atomic E-state index is 0.0323. The monoisotopic (exact) mass is 298 g/mol. The van der Waals surface area contributed by atoms with E-state index in [1.807, 2.05) is 4.57 Å². The van der Waals surface area contributed by atoms with E-state index in [9.17, 15) is 13.2 Å². The summed E-state index contributed by atoms with van der Waals surface area (Å²) in [5.41, 5.74) is 0.345. The Morgan fingerprint density at radius 1 is 1.45 bits per heavy atom. The number of hydrogen-bond donors (Lipinski definition) is 2. The summed E-state index contributed by atoms with van der Waals surface area (Å²) in [6.45, 7) is 1.71. The Labute approximate surface area is 117 Å². The average molecular weight is 298 g/mol. The molecule has 20 heavy (non-hydrogen) atoms. The molecule has 3 rings (SSSR count). The predicted molar refractivity (Wildman–Crippen MR) is 74.5 cm³/mol. The Morgan fingerprint density at radius 3 is 3.05 bits per heavy atom. The molecule has 2 aliphatic heterocycles. The van der Waals surface area contributed by atoms with Gasteiger partial charge in [0.1, 0.15) is 5.69 Å². The summed E-state index contributed by atoms with van der Waals surface area (Å²) in [4.78, 5) is 16.4. The highest BCUT2D eigenvalue weighted by atomic mass is 32.2. The van der Waals surface area contributed by atoms with Crippen LogP contribution in [0.5, 0.6) is 0 Å². The largest absolute Gasteiger partial charge is 0.356 e. The van der Waals surface area contributed by atoms with Crippen LogP contribution in [-0.4, -0.2) is 48.0 Å². The number of fused-ring (bicyclic) bond motifs is 1. The number of nitrogens with one attached hydrogen (secondary N) is 2. The number of amides is 1. The molecular weight excluding hydrogens is 280 g/mol. The Balaban J connectivity index is 1.68. The van der Waals surface area contributed by atoms with Gasteiger partial charge in [-0.3, -0.25) is 4.79 Å². The second-order valence-electron chi connectivity index (χ2n) is 5.35. The van der Waals surface area contributed by atoms with Crippen LogP contribution >= 0.6 is 0 Å². The lowest BCUT2D eigenvalue weighted by Gasteiger charge is -2.22. The molecule has 8 heteroatoms. The number of hydrogen-bond acceptors (Lipinski definition) is 5. The van der Waals surface area contributed by atoms with Crippen LogP contribution in [0.1, 0.15) is 29.8 Å². The first-order valence-corrected chi connectivity index (χ1v) is 8.68. The molecule has 0 aromatic carbocycles. The molecular formula is C12H18N4O3S. The van der Waals surface area contributed by atoms with Crippen molar-refractivity contribution in [2.24, 2.45) is 0 Å². The zero-order valence-corrected chi connectivity index (χ0v) is 11.9. The van der Waals surface area contributed by atoms with Gasteiger partial charge in [0.25, 0.3) is 5.91 Å². The van der Waals surface area contributed by atoms with E-state index in [-0.39, 0.29) is 23.5 Å². The molecule has 1 aromatic rings. The van der Waals surface area contributed by atoms with Crippen LogP contribution in [0.4, 0.5) is 5.95 Å². The smallest absolute Gasteiger partial charge is 0.271 e. The van der Waals surface area contributed by atoms with Crippen molar-refractivity contribution < 1.29 is 13.2 Å². The highest BCUT2D eigenvalue weighted by Crippen LogP contribution is 2.16. The molecule has 0 aliphatic carbocycles. The van der Waals surface area contributed by atoms with E-state index >= 15 is 0 Å². The summed E-state index contributed by atoms with van der Waals surface area (Å²) in [6.07, 6.45) is 4.03. The summed E-state index contributed by atoms with van der Waals surface area (Å²) in [7, 11) is -3.01. The molecule has 2 N–H and O–H groups in total. The first kappa shape index (κ1) is 13.4. The van der Waals surface area contributed by atoms with Crippen molar-refractivity contribution in [3.8, 4) is 0 Å². The van der Waals surface area contributed by atoms with Crippen molar-refractivity contribution in [2.45, 2.75) is 31.8 Å². The molecule has 7 nitrogen and oxygen atoms in total. The van der Waals surface area contributed by atoms with Gasteiger partial charge in [0, 0.05) is 25.3 Å². The van der Waals surface area contributed by atoms with E-state index in [0.717, 1.165) is 19.5 Å². The Bertz CT molecular complexity index is 599. The van der Waals surface area contributed by atoms with Gasteiger partial charge in [-0.25, -0.2) is 13.4 Å². The van der Waals surface area contributed by atoms with Gasteiger partial charge in [-0.1, -0.05) is 0 Å². The highest BCUT2D eigenvalue weighted by molar-refractivity contribution is 7.91. The first-order chi connectivity index (χ1) is 9.53. The Kier molecular flexibility index (Phi) is 3.41. The maximum Gasteiger partial charge on any atom is 0.271 e. The highest BCUT2D eigenvalue weighted by Gasteiger charge is 2.27. The number of anilines is 1. The molecule has 1 amide bonds. The maximum atomic E-state index is 12.1. The third-order valence-electron chi connectivity index (χ3n) is 3.67. The molecule has 0 saturated carbocycles. The minimum atomic E-state index is -3.01. The normalized spacial score (nSPS) is 24.5. The van der Waals surface area contributed by atoms with Crippen LogP contribution < -0.4 is 10.6 Å². The summed E-state index contributed by atoms with van der Waals surface area (Å²) in [5, 5.41) is 5.91. The van der Waals surface area contributed by atoms with Gasteiger partial charge < -0.3 is 15.2 Å². The summed E-state index contributed by atoms with van der Waals surface area (Å²) < 4.78 is 25.0. The lowest BCUT2D eigenvalue weighted by Crippen LogP contribution is -2.43. The van der Waals surface area contributed by atoms with Crippen molar-refractivity contribution in [2.75, 3.05) is 23.4 Å². The van der Waals surface area contributed by atoms with Crippen molar-refractivity contribution >= 4 is 21.7 Å². The number of nitrogens with zero attached hydrogens (tertiary/aromatic N) is 2. The van der Waals surface area contributed by atoms with Crippen LogP contribution in [0, 0.1) is 0 Å². The zero-order chi connectivity index (χ0) is 14.2. The molecule has 0 radical (unpaired) electrons. The first-order valence-electron chi connectivity index (χ1n) is 6.86. The predicted octanol–water partition coefficient (Wildman–Crippen LogP) is 0.00570. The number of imidazole rings is 1. The number of carbonyl (C=O) groups is 1. The van der Waals surface area contributed by atoms with Crippen LogP contribution in [0.25, 0.3) is 0 Å². The molecule has 1 atom stereocenters. The Hall–Kier alpha value is -1.57. The van der Waals surface area contributed by atoms with E-state index in [0.29, 0.717) is 24.5 Å². The van der Waals surface area contributed by atoms with Gasteiger partial charge in [0.05, 0.1) is 11.5 Å². The number of rotatable bonds is 2. The van der Waals surface area contributed by atoms with E-state index < -0.39 is 9.84 Å². The van der Waals surface area contributed by atoms with Gasteiger partial charge in [-0.2, -0.15) is 0 Å². The third kappa shape index (κ3) is 2.79. The Morgan fingerprint density at radius 2 is 2.30 bits per heavy atom. The van der Waals surface area contributed by atoms with Gasteiger partial charge in [0.15, 0.2) is 9.84 Å². The van der Waals surface area contributed by atoms with Crippen LogP contribution in [0.3, 0.4) is 0 Å². The molecule has 1 saturated heterocycles. The van der Waals surface area contributed by atoms with Crippen molar-refractivity contribution in [3.05, 3.63) is 11.9 Å². The second kappa shape index (κ2) is 5.08. The minimum Gasteiger partial charge on any atom is -0.356 e. The fourth-order valence-corrected chi connectivity index (χ4v) is 4.32.